The highest BCUT2D eigenvalue weighted by molar-refractivity contribution is 5.73. The van der Waals surface area contributed by atoms with Crippen LogP contribution >= 0.6 is 0 Å². The molecule has 0 atom stereocenters. The van der Waals surface area contributed by atoms with Crippen LogP contribution in [0.4, 0.5) is 4.79 Å². The monoisotopic (exact) mass is 235 g/mol. The van der Waals surface area contributed by atoms with E-state index in [1.54, 1.807) is 0 Å². The van der Waals surface area contributed by atoms with Crippen LogP contribution in [0, 0.1) is 0 Å². The molecule has 2 amide bonds. The smallest absolute Gasteiger partial charge is 0.315 e. The zero-order valence-corrected chi connectivity index (χ0v) is 10.3. The minimum atomic E-state index is -0.118. The fourth-order valence-electron chi connectivity index (χ4n) is 1.41. The first-order chi connectivity index (χ1) is 8.33. The molecule has 4 nitrogen and oxygen atoms in total. The van der Waals surface area contributed by atoms with Crippen molar-refractivity contribution in [3.05, 3.63) is 35.9 Å². The lowest BCUT2D eigenvalue weighted by atomic mass is 10.2. The molecule has 1 aromatic rings. The number of amides is 2. The third-order valence-electron chi connectivity index (χ3n) is 2.31. The molecule has 0 unspecified atom stereocenters. The molecule has 0 aliphatic carbocycles. The summed E-state index contributed by atoms with van der Waals surface area (Å²) in [5.41, 5.74) is 1.10. The molecule has 0 heterocycles. The predicted molar refractivity (Wildman–Crippen MR) is 69.8 cm³/mol. The lowest BCUT2D eigenvalue weighted by Gasteiger charge is -2.08. The maximum absolute atomic E-state index is 11.4. The van der Waals surface area contributed by atoms with Crippen LogP contribution in [0.15, 0.2) is 30.3 Å². The van der Waals surface area contributed by atoms with Gasteiger partial charge in [-0.25, -0.2) is 4.79 Å². The summed E-state index contributed by atoms with van der Waals surface area (Å²) in [6.45, 7) is 5.14. The summed E-state index contributed by atoms with van der Waals surface area (Å²) in [5, 5.41) is 8.83. The summed E-state index contributed by atoms with van der Waals surface area (Å²) in [7, 11) is 0. The quantitative estimate of drug-likeness (QED) is 0.627. The van der Waals surface area contributed by atoms with Crippen LogP contribution in [0.1, 0.15) is 18.9 Å². The Morgan fingerprint density at radius 3 is 2.53 bits per heavy atom. The standard InChI is InChI=1S/C13H21N3O/c1-2-8-14-9-10-15-13(17)16-11-12-6-4-3-5-7-12/h3-7,14H,2,8-11H2,1H3,(H2,15,16,17). The van der Waals surface area contributed by atoms with E-state index in [4.69, 9.17) is 0 Å². The molecule has 0 spiro atoms. The third kappa shape index (κ3) is 6.58. The van der Waals surface area contributed by atoms with E-state index in [0.29, 0.717) is 13.1 Å². The second-order valence-corrected chi connectivity index (χ2v) is 3.85. The van der Waals surface area contributed by atoms with Gasteiger partial charge >= 0.3 is 6.03 Å². The first kappa shape index (κ1) is 13.5. The van der Waals surface area contributed by atoms with E-state index in [1.165, 1.54) is 0 Å². The van der Waals surface area contributed by atoms with Crippen LogP contribution in [-0.4, -0.2) is 25.7 Å². The molecule has 0 bridgehead atoms. The maximum Gasteiger partial charge on any atom is 0.315 e. The maximum atomic E-state index is 11.4. The van der Waals surface area contributed by atoms with Gasteiger partial charge in [0.1, 0.15) is 0 Å². The highest BCUT2D eigenvalue weighted by atomic mass is 16.2. The average molecular weight is 235 g/mol. The lowest BCUT2D eigenvalue weighted by Crippen LogP contribution is -2.38. The molecule has 0 saturated carbocycles. The average Bonchev–Trinajstić information content (AvgIpc) is 2.37. The Morgan fingerprint density at radius 1 is 1.06 bits per heavy atom. The second kappa shape index (κ2) is 8.58. The van der Waals surface area contributed by atoms with E-state index in [9.17, 15) is 4.79 Å². The summed E-state index contributed by atoms with van der Waals surface area (Å²) >= 11 is 0. The molecular formula is C13H21N3O. The molecular weight excluding hydrogens is 214 g/mol. The lowest BCUT2D eigenvalue weighted by molar-refractivity contribution is 0.240. The molecule has 3 N–H and O–H groups in total. The fraction of sp³-hybridized carbons (Fsp3) is 0.462. The van der Waals surface area contributed by atoms with Gasteiger partial charge in [-0.3, -0.25) is 0 Å². The Bertz CT molecular complexity index is 314. The van der Waals surface area contributed by atoms with Gasteiger partial charge in [-0.05, 0) is 18.5 Å². The van der Waals surface area contributed by atoms with E-state index in [1.807, 2.05) is 30.3 Å². The molecule has 94 valence electrons. The minimum Gasteiger partial charge on any atom is -0.337 e. The van der Waals surface area contributed by atoms with Gasteiger partial charge in [-0.1, -0.05) is 37.3 Å². The van der Waals surface area contributed by atoms with Gasteiger partial charge in [0.2, 0.25) is 0 Å². The minimum absolute atomic E-state index is 0.118. The topological polar surface area (TPSA) is 53.2 Å². The third-order valence-corrected chi connectivity index (χ3v) is 2.31. The number of carbonyl (C=O) groups is 1. The molecule has 0 aliphatic rings. The van der Waals surface area contributed by atoms with Gasteiger partial charge in [-0.15, -0.1) is 0 Å². The van der Waals surface area contributed by atoms with E-state index >= 15 is 0 Å². The van der Waals surface area contributed by atoms with Crippen molar-refractivity contribution in [2.24, 2.45) is 0 Å². The normalized spacial score (nSPS) is 9.94. The first-order valence-electron chi connectivity index (χ1n) is 6.09. The number of carbonyl (C=O) groups excluding carboxylic acids is 1. The van der Waals surface area contributed by atoms with Gasteiger partial charge in [0, 0.05) is 19.6 Å². The largest absolute Gasteiger partial charge is 0.337 e. The van der Waals surface area contributed by atoms with Crippen molar-refractivity contribution in [1.82, 2.24) is 16.0 Å². The van der Waals surface area contributed by atoms with Crippen molar-refractivity contribution in [2.75, 3.05) is 19.6 Å². The van der Waals surface area contributed by atoms with Crippen LogP contribution in [-0.2, 0) is 6.54 Å². The molecule has 1 rings (SSSR count). The summed E-state index contributed by atoms with van der Waals surface area (Å²) < 4.78 is 0. The Kier molecular flexibility index (Phi) is 6.82. The molecule has 0 fully saturated rings. The molecule has 1 aromatic carbocycles. The molecule has 0 aliphatic heterocycles. The van der Waals surface area contributed by atoms with Crippen molar-refractivity contribution in [3.63, 3.8) is 0 Å². The highest BCUT2D eigenvalue weighted by Crippen LogP contribution is 1.96. The van der Waals surface area contributed by atoms with Crippen molar-refractivity contribution >= 4 is 6.03 Å². The van der Waals surface area contributed by atoms with Crippen LogP contribution in [0.5, 0.6) is 0 Å². The van der Waals surface area contributed by atoms with Crippen molar-refractivity contribution < 1.29 is 4.79 Å². The molecule has 17 heavy (non-hydrogen) atoms. The van der Waals surface area contributed by atoms with Gasteiger partial charge in [0.05, 0.1) is 0 Å². The molecule has 0 radical (unpaired) electrons. The number of nitrogens with one attached hydrogen (secondary N) is 3. The van der Waals surface area contributed by atoms with Crippen LogP contribution in [0.25, 0.3) is 0 Å². The highest BCUT2D eigenvalue weighted by Gasteiger charge is 1.98. The number of hydrogen-bond acceptors (Lipinski definition) is 2. The van der Waals surface area contributed by atoms with Gasteiger partial charge in [0.25, 0.3) is 0 Å². The van der Waals surface area contributed by atoms with E-state index in [2.05, 4.69) is 22.9 Å². The molecule has 4 heteroatoms. The molecule has 0 aromatic heterocycles. The van der Waals surface area contributed by atoms with Crippen LogP contribution in [0.3, 0.4) is 0 Å². The SMILES string of the molecule is CCCNCCNC(=O)NCc1ccccc1. The van der Waals surface area contributed by atoms with E-state index in [0.717, 1.165) is 25.1 Å². The van der Waals surface area contributed by atoms with Crippen molar-refractivity contribution in [2.45, 2.75) is 19.9 Å². The zero-order valence-electron chi connectivity index (χ0n) is 10.3. The van der Waals surface area contributed by atoms with Crippen LogP contribution in [0.2, 0.25) is 0 Å². The summed E-state index contributed by atoms with van der Waals surface area (Å²) in [5.74, 6) is 0. The number of rotatable bonds is 7. The Hall–Kier alpha value is -1.55. The van der Waals surface area contributed by atoms with E-state index < -0.39 is 0 Å². The van der Waals surface area contributed by atoms with Crippen molar-refractivity contribution in [1.29, 1.82) is 0 Å². The Morgan fingerprint density at radius 2 is 1.82 bits per heavy atom. The zero-order chi connectivity index (χ0) is 12.3. The Balaban J connectivity index is 2.05. The summed E-state index contributed by atoms with van der Waals surface area (Å²) in [4.78, 5) is 11.4. The van der Waals surface area contributed by atoms with Gasteiger partial charge < -0.3 is 16.0 Å². The van der Waals surface area contributed by atoms with E-state index in [-0.39, 0.29) is 6.03 Å². The van der Waals surface area contributed by atoms with Crippen LogP contribution < -0.4 is 16.0 Å². The predicted octanol–water partition coefficient (Wildman–Crippen LogP) is 1.49. The number of hydrogen-bond donors (Lipinski definition) is 3. The van der Waals surface area contributed by atoms with Crippen molar-refractivity contribution in [3.8, 4) is 0 Å². The van der Waals surface area contributed by atoms with Gasteiger partial charge in [0.15, 0.2) is 0 Å². The summed E-state index contributed by atoms with van der Waals surface area (Å²) in [6, 6.07) is 9.75. The Labute approximate surface area is 103 Å². The number of benzene rings is 1. The first-order valence-corrected chi connectivity index (χ1v) is 6.09. The molecule has 0 saturated heterocycles. The second-order valence-electron chi connectivity index (χ2n) is 3.85. The number of urea groups is 1. The van der Waals surface area contributed by atoms with Gasteiger partial charge in [-0.2, -0.15) is 0 Å². The fourth-order valence-corrected chi connectivity index (χ4v) is 1.41. The summed E-state index contributed by atoms with van der Waals surface area (Å²) in [6.07, 6.45) is 1.11.